The lowest BCUT2D eigenvalue weighted by Gasteiger charge is -1.99. The van der Waals surface area contributed by atoms with Crippen LogP contribution in [-0.2, 0) is 9.53 Å². The molecule has 1 aromatic rings. The largest absolute Gasteiger partial charge is 0.463 e. The summed E-state index contributed by atoms with van der Waals surface area (Å²) in [7, 11) is 0. The second-order valence-corrected chi connectivity index (χ2v) is 3.29. The minimum absolute atomic E-state index is 0.349. The first-order valence-corrected chi connectivity index (χ1v) is 5.03. The van der Waals surface area contributed by atoms with Crippen molar-refractivity contribution in [2.45, 2.75) is 13.8 Å². The van der Waals surface area contributed by atoms with Crippen LogP contribution in [0, 0.1) is 18.3 Å². The highest BCUT2D eigenvalue weighted by Crippen LogP contribution is 2.12. The average Bonchev–Trinajstić information content (AvgIpc) is 2.27. The molecule has 0 spiro atoms. The number of aryl methyl sites for hydroxylation is 1. The molecule has 0 radical (unpaired) electrons. The normalized spacial score (nSPS) is 10.1. The fourth-order valence-corrected chi connectivity index (χ4v) is 1.26. The summed E-state index contributed by atoms with van der Waals surface area (Å²) in [5.74, 6) is -0.396. The van der Waals surface area contributed by atoms with Gasteiger partial charge in [0, 0.05) is 6.08 Å². The maximum Gasteiger partial charge on any atom is 0.330 e. The van der Waals surface area contributed by atoms with Gasteiger partial charge in [0.25, 0.3) is 0 Å². The second-order valence-electron chi connectivity index (χ2n) is 3.29. The molecule has 0 saturated carbocycles. The van der Waals surface area contributed by atoms with Gasteiger partial charge in [0.15, 0.2) is 0 Å². The Kier molecular flexibility index (Phi) is 4.28. The first kappa shape index (κ1) is 12.0. The molecule has 3 nitrogen and oxygen atoms in total. The van der Waals surface area contributed by atoms with Gasteiger partial charge in [0.2, 0.25) is 0 Å². The molecule has 0 bridgehead atoms. The van der Waals surface area contributed by atoms with E-state index in [2.05, 4.69) is 6.07 Å². The molecule has 0 N–H and O–H groups in total. The minimum atomic E-state index is -0.396. The number of nitrogens with zero attached hydrogens (tertiary/aromatic N) is 1. The first-order chi connectivity index (χ1) is 7.67. The van der Waals surface area contributed by atoms with Crippen molar-refractivity contribution >= 4 is 12.0 Å². The Balaban J connectivity index is 2.89. The number of hydrogen-bond acceptors (Lipinski definition) is 3. The Bertz CT molecular complexity index is 455. The highest BCUT2D eigenvalue weighted by Gasteiger charge is 2.00. The van der Waals surface area contributed by atoms with Gasteiger partial charge in [0.1, 0.15) is 0 Å². The smallest absolute Gasteiger partial charge is 0.330 e. The van der Waals surface area contributed by atoms with Gasteiger partial charge in [-0.15, -0.1) is 0 Å². The van der Waals surface area contributed by atoms with Crippen LogP contribution in [0.5, 0.6) is 0 Å². The van der Waals surface area contributed by atoms with E-state index < -0.39 is 5.97 Å². The van der Waals surface area contributed by atoms with Gasteiger partial charge in [-0.1, -0.05) is 12.1 Å². The lowest BCUT2D eigenvalue weighted by molar-refractivity contribution is -0.137. The third-order valence-electron chi connectivity index (χ3n) is 2.01. The molecule has 0 aliphatic rings. The summed E-state index contributed by atoms with van der Waals surface area (Å²) in [6, 6.07) is 7.57. The highest BCUT2D eigenvalue weighted by molar-refractivity contribution is 5.87. The van der Waals surface area contributed by atoms with E-state index in [0.717, 1.165) is 11.1 Å². The van der Waals surface area contributed by atoms with Crippen LogP contribution in [0.1, 0.15) is 23.6 Å². The molecule has 0 aliphatic heterocycles. The molecule has 1 aromatic carbocycles. The van der Waals surface area contributed by atoms with Crippen LogP contribution in [0.15, 0.2) is 24.3 Å². The zero-order chi connectivity index (χ0) is 12.0. The van der Waals surface area contributed by atoms with Gasteiger partial charge < -0.3 is 4.74 Å². The Morgan fingerprint density at radius 1 is 1.56 bits per heavy atom. The summed E-state index contributed by atoms with van der Waals surface area (Å²) in [6.07, 6.45) is 2.92. The van der Waals surface area contributed by atoms with Crippen molar-refractivity contribution < 1.29 is 9.53 Å². The summed E-state index contributed by atoms with van der Waals surface area (Å²) in [5, 5.41) is 8.91. The molecule has 0 fully saturated rings. The van der Waals surface area contributed by atoms with Gasteiger partial charge in [0.05, 0.1) is 18.2 Å². The van der Waals surface area contributed by atoms with Gasteiger partial charge >= 0.3 is 5.97 Å². The van der Waals surface area contributed by atoms with E-state index in [-0.39, 0.29) is 0 Å². The van der Waals surface area contributed by atoms with Crippen molar-refractivity contribution in [2.24, 2.45) is 0 Å². The molecule has 16 heavy (non-hydrogen) atoms. The topological polar surface area (TPSA) is 50.1 Å². The third-order valence-corrected chi connectivity index (χ3v) is 2.01. The molecule has 0 atom stereocenters. The van der Waals surface area contributed by atoms with Crippen LogP contribution in [0.4, 0.5) is 0 Å². The zero-order valence-electron chi connectivity index (χ0n) is 9.36. The van der Waals surface area contributed by atoms with Crippen molar-refractivity contribution in [3.05, 3.63) is 41.0 Å². The van der Waals surface area contributed by atoms with Crippen molar-refractivity contribution in [1.82, 2.24) is 0 Å². The molecular formula is C13H13NO2. The summed E-state index contributed by atoms with van der Waals surface area (Å²) < 4.78 is 4.75. The number of benzene rings is 1. The summed E-state index contributed by atoms with van der Waals surface area (Å²) in [4.78, 5) is 11.1. The fourth-order valence-electron chi connectivity index (χ4n) is 1.26. The molecule has 82 valence electrons. The second kappa shape index (κ2) is 5.72. The number of ether oxygens (including phenoxy) is 1. The number of nitriles is 1. The predicted octanol–water partition coefficient (Wildman–Crippen LogP) is 2.44. The van der Waals surface area contributed by atoms with E-state index in [1.165, 1.54) is 6.08 Å². The van der Waals surface area contributed by atoms with Gasteiger partial charge in [-0.05, 0) is 37.1 Å². The van der Waals surface area contributed by atoms with Crippen LogP contribution in [-0.4, -0.2) is 12.6 Å². The Morgan fingerprint density at radius 3 is 2.94 bits per heavy atom. The molecule has 0 aliphatic carbocycles. The number of hydrogen-bond donors (Lipinski definition) is 0. The molecular weight excluding hydrogens is 202 g/mol. The number of esters is 1. The zero-order valence-corrected chi connectivity index (χ0v) is 9.36. The lowest BCUT2D eigenvalue weighted by Crippen LogP contribution is -1.98. The Hall–Kier alpha value is -2.08. The monoisotopic (exact) mass is 215 g/mol. The fraction of sp³-hybridized carbons (Fsp3) is 0.231. The summed E-state index contributed by atoms with van der Waals surface area (Å²) >= 11 is 0. The maximum atomic E-state index is 11.1. The number of rotatable bonds is 3. The molecule has 0 saturated heterocycles. The van der Waals surface area contributed by atoms with Crippen LogP contribution in [0.3, 0.4) is 0 Å². The van der Waals surface area contributed by atoms with Crippen LogP contribution < -0.4 is 0 Å². The molecule has 3 heteroatoms. The number of carbonyl (C=O) groups excluding carboxylic acids is 1. The quantitative estimate of drug-likeness (QED) is 0.574. The standard InChI is InChI=1S/C13H13NO2/c1-3-16-13(15)7-6-11-5-4-10(2)8-12(11)9-14/h4-8H,3H2,1-2H3. The van der Waals surface area contributed by atoms with E-state index in [1.54, 1.807) is 19.1 Å². The molecule has 0 amide bonds. The lowest BCUT2D eigenvalue weighted by atomic mass is 10.1. The first-order valence-electron chi connectivity index (χ1n) is 5.03. The van der Waals surface area contributed by atoms with E-state index in [9.17, 15) is 4.79 Å². The van der Waals surface area contributed by atoms with Crippen molar-refractivity contribution in [3.8, 4) is 6.07 Å². The van der Waals surface area contributed by atoms with Crippen molar-refractivity contribution in [1.29, 1.82) is 5.26 Å². The Labute approximate surface area is 95.0 Å². The molecule has 0 unspecified atom stereocenters. The van der Waals surface area contributed by atoms with Crippen molar-refractivity contribution in [3.63, 3.8) is 0 Å². The van der Waals surface area contributed by atoms with Crippen LogP contribution >= 0.6 is 0 Å². The maximum absolute atomic E-state index is 11.1. The van der Waals surface area contributed by atoms with E-state index >= 15 is 0 Å². The van der Waals surface area contributed by atoms with E-state index in [1.807, 2.05) is 19.1 Å². The molecule has 0 aromatic heterocycles. The SMILES string of the molecule is CCOC(=O)C=Cc1ccc(C)cc1C#N. The van der Waals surface area contributed by atoms with Gasteiger partial charge in [-0.2, -0.15) is 5.26 Å². The highest BCUT2D eigenvalue weighted by atomic mass is 16.5. The van der Waals surface area contributed by atoms with Crippen LogP contribution in [0.2, 0.25) is 0 Å². The molecule has 0 heterocycles. The summed E-state index contributed by atoms with van der Waals surface area (Å²) in [5.41, 5.74) is 2.30. The number of carbonyl (C=O) groups is 1. The average molecular weight is 215 g/mol. The van der Waals surface area contributed by atoms with Crippen LogP contribution in [0.25, 0.3) is 6.08 Å². The predicted molar refractivity (Wildman–Crippen MR) is 61.6 cm³/mol. The van der Waals surface area contributed by atoms with Crippen molar-refractivity contribution in [2.75, 3.05) is 6.61 Å². The minimum Gasteiger partial charge on any atom is -0.463 e. The van der Waals surface area contributed by atoms with E-state index in [4.69, 9.17) is 10.00 Å². The van der Waals surface area contributed by atoms with E-state index in [0.29, 0.717) is 12.2 Å². The third kappa shape index (κ3) is 3.25. The van der Waals surface area contributed by atoms with Gasteiger partial charge in [-0.25, -0.2) is 4.79 Å². The molecule has 1 rings (SSSR count). The Morgan fingerprint density at radius 2 is 2.31 bits per heavy atom. The van der Waals surface area contributed by atoms with Gasteiger partial charge in [-0.3, -0.25) is 0 Å². The summed E-state index contributed by atoms with van der Waals surface area (Å²) in [6.45, 7) is 4.01.